The van der Waals surface area contributed by atoms with E-state index in [0.29, 0.717) is 52.0 Å². The Bertz CT molecular complexity index is 1460. The molecule has 0 spiro atoms. The van der Waals surface area contributed by atoms with Crippen molar-refractivity contribution in [2.24, 2.45) is 0 Å². The largest absolute Gasteiger partial charge is 0.479 e. The zero-order valence-corrected chi connectivity index (χ0v) is 22.6. The molecule has 0 aliphatic carbocycles. The van der Waals surface area contributed by atoms with Crippen molar-refractivity contribution in [1.82, 2.24) is 0 Å². The fraction of sp³-hybridized carbons (Fsp3) is 0.345. The van der Waals surface area contributed by atoms with E-state index in [1.807, 2.05) is 19.9 Å². The number of aryl methyl sites for hydroxylation is 1. The van der Waals surface area contributed by atoms with Gasteiger partial charge < -0.3 is 24.3 Å². The van der Waals surface area contributed by atoms with Crippen LogP contribution < -0.4 is 20.4 Å². The minimum Gasteiger partial charge on any atom is -0.479 e. The highest BCUT2D eigenvalue weighted by atomic mass is 32.2. The van der Waals surface area contributed by atoms with Crippen molar-refractivity contribution in [2.75, 3.05) is 11.1 Å². The summed E-state index contributed by atoms with van der Waals surface area (Å²) in [5, 5.41) is 13.2. The molecule has 1 fully saturated rings. The molecule has 2 atom stereocenters. The van der Waals surface area contributed by atoms with E-state index in [4.69, 9.17) is 13.9 Å². The van der Waals surface area contributed by atoms with Crippen molar-refractivity contribution in [1.29, 1.82) is 0 Å². The van der Waals surface area contributed by atoms with Gasteiger partial charge in [-0.05, 0) is 81.3 Å². The molecule has 2 aromatic carbocycles. The lowest BCUT2D eigenvalue weighted by Crippen LogP contribution is -2.26. The van der Waals surface area contributed by atoms with Crippen LogP contribution in [0.4, 0.5) is 5.69 Å². The third-order valence-electron chi connectivity index (χ3n) is 6.13. The minimum atomic E-state index is -0.685. The SMILES string of the molecule is CC(=O)Oc1ccc(C(=O)Nc2cc3ccc(O[C@@H]4C[C@H](O)CCS4)c(C)c3oc2=O)cc1CC=C(C)C. The number of aliphatic hydroxyl groups is 1. The van der Waals surface area contributed by atoms with E-state index in [-0.39, 0.29) is 17.2 Å². The molecule has 1 saturated heterocycles. The number of benzene rings is 2. The van der Waals surface area contributed by atoms with Gasteiger partial charge in [0.15, 0.2) is 0 Å². The molecular formula is C29H31NO7S. The smallest absolute Gasteiger partial charge is 0.360 e. The number of hydrogen-bond acceptors (Lipinski definition) is 8. The van der Waals surface area contributed by atoms with E-state index >= 15 is 0 Å². The maximum Gasteiger partial charge on any atom is 0.360 e. The van der Waals surface area contributed by atoms with Crippen LogP contribution in [0, 0.1) is 6.92 Å². The number of anilines is 1. The maximum atomic E-state index is 13.0. The Morgan fingerprint density at radius 2 is 1.92 bits per heavy atom. The normalized spacial score (nSPS) is 17.1. The molecule has 200 valence electrons. The molecule has 0 bridgehead atoms. The summed E-state index contributed by atoms with van der Waals surface area (Å²) in [6, 6.07) is 9.90. The van der Waals surface area contributed by atoms with Crippen molar-refractivity contribution in [3.8, 4) is 11.5 Å². The number of amides is 1. The standard InChI is InChI=1S/C29H31NO7S/c1-16(2)5-6-19-13-21(8-10-25(19)35-18(4)31)28(33)30-23-14-20-7-9-24(17(3)27(20)37-29(23)34)36-26-15-22(32)11-12-38-26/h5,7-10,13-14,22,26,32H,6,11-12,15H2,1-4H3,(H,30,33)/t22-,26+/m1/s1. The highest BCUT2D eigenvalue weighted by molar-refractivity contribution is 7.99. The van der Waals surface area contributed by atoms with Gasteiger partial charge in [-0.1, -0.05) is 11.6 Å². The summed E-state index contributed by atoms with van der Waals surface area (Å²) in [4.78, 5) is 37.3. The maximum absolute atomic E-state index is 13.0. The van der Waals surface area contributed by atoms with Crippen LogP contribution in [-0.2, 0) is 11.2 Å². The summed E-state index contributed by atoms with van der Waals surface area (Å²) in [6.07, 6.45) is 3.35. The van der Waals surface area contributed by atoms with Gasteiger partial charge in [-0.15, -0.1) is 11.8 Å². The van der Waals surface area contributed by atoms with Crippen molar-refractivity contribution >= 4 is 40.3 Å². The van der Waals surface area contributed by atoms with Crippen LogP contribution in [0.3, 0.4) is 0 Å². The third kappa shape index (κ3) is 6.65. The van der Waals surface area contributed by atoms with Crippen LogP contribution in [0.1, 0.15) is 55.1 Å². The Morgan fingerprint density at radius 3 is 2.63 bits per heavy atom. The Kier molecular flexibility index (Phi) is 8.58. The zero-order valence-electron chi connectivity index (χ0n) is 21.8. The third-order valence-corrected chi connectivity index (χ3v) is 7.27. The van der Waals surface area contributed by atoms with Crippen molar-refractivity contribution < 1.29 is 28.6 Å². The van der Waals surface area contributed by atoms with Crippen molar-refractivity contribution in [2.45, 2.75) is 58.5 Å². The van der Waals surface area contributed by atoms with Gasteiger partial charge in [0.05, 0.1) is 6.10 Å². The Morgan fingerprint density at radius 1 is 1.16 bits per heavy atom. The number of carbonyl (C=O) groups is 2. The Labute approximate surface area is 225 Å². The molecule has 1 aliphatic rings. The van der Waals surface area contributed by atoms with E-state index in [2.05, 4.69) is 5.32 Å². The average Bonchev–Trinajstić information content (AvgIpc) is 2.86. The number of thioether (sulfide) groups is 1. The molecule has 1 amide bonds. The minimum absolute atomic E-state index is 0.0106. The summed E-state index contributed by atoms with van der Waals surface area (Å²) in [5.74, 6) is 0.842. The first-order valence-corrected chi connectivity index (χ1v) is 13.5. The van der Waals surface area contributed by atoms with E-state index in [1.54, 1.807) is 49.0 Å². The average molecular weight is 538 g/mol. The monoisotopic (exact) mass is 537 g/mol. The summed E-state index contributed by atoms with van der Waals surface area (Å²) < 4.78 is 16.9. The fourth-order valence-corrected chi connectivity index (χ4v) is 5.33. The van der Waals surface area contributed by atoms with Crippen LogP contribution in [0.5, 0.6) is 11.5 Å². The lowest BCUT2D eigenvalue weighted by Gasteiger charge is -2.26. The molecule has 2 N–H and O–H groups in total. The van der Waals surface area contributed by atoms with Crippen LogP contribution in [0.25, 0.3) is 11.0 Å². The van der Waals surface area contributed by atoms with E-state index in [9.17, 15) is 19.5 Å². The molecule has 1 aromatic heterocycles. The van der Waals surface area contributed by atoms with Gasteiger partial charge in [0, 0.05) is 29.9 Å². The second kappa shape index (κ2) is 11.9. The first-order valence-electron chi connectivity index (χ1n) is 12.4. The van der Waals surface area contributed by atoms with Crippen LogP contribution >= 0.6 is 11.8 Å². The van der Waals surface area contributed by atoms with Gasteiger partial charge in [0.2, 0.25) is 0 Å². The van der Waals surface area contributed by atoms with Gasteiger partial charge >= 0.3 is 11.6 Å². The van der Waals surface area contributed by atoms with Gasteiger partial charge in [-0.25, -0.2) is 4.79 Å². The molecule has 1 aliphatic heterocycles. The summed E-state index contributed by atoms with van der Waals surface area (Å²) in [6.45, 7) is 7.04. The number of allylic oxidation sites excluding steroid dienone is 2. The summed E-state index contributed by atoms with van der Waals surface area (Å²) in [5.41, 5.74) is 2.27. The molecule has 0 unspecified atom stereocenters. The number of fused-ring (bicyclic) bond motifs is 1. The van der Waals surface area contributed by atoms with Crippen molar-refractivity contribution in [3.05, 3.63) is 75.2 Å². The van der Waals surface area contributed by atoms with Crippen molar-refractivity contribution in [3.63, 3.8) is 0 Å². The number of aliphatic hydroxyl groups excluding tert-OH is 1. The zero-order chi connectivity index (χ0) is 27.4. The highest BCUT2D eigenvalue weighted by Crippen LogP contribution is 2.33. The molecule has 4 rings (SSSR count). The van der Waals surface area contributed by atoms with Crippen LogP contribution in [0.2, 0.25) is 0 Å². The van der Waals surface area contributed by atoms with Crippen LogP contribution in [0.15, 0.2) is 57.3 Å². The predicted molar refractivity (Wildman–Crippen MR) is 148 cm³/mol. The lowest BCUT2D eigenvalue weighted by atomic mass is 10.0. The number of hydrogen-bond donors (Lipinski definition) is 2. The van der Waals surface area contributed by atoms with Gasteiger partial charge in [-0.2, -0.15) is 0 Å². The van der Waals surface area contributed by atoms with E-state index in [1.165, 1.54) is 13.0 Å². The quantitative estimate of drug-likeness (QED) is 0.179. The second-order valence-corrected chi connectivity index (χ2v) is 10.8. The number of rotatable bonds is 7. The molecule has 38 heavy (non-hydrogen) atoms. The molecule has 9 heteroatoms. The van der Waals surface area contributed by atoms with Gasteiger partial charge in [-0.3, -0.25) is 9.59 Å². The number of esters is 1. The number of carbonyl (C=O) groups excluding carboxylic acids is 2. The Hall–Kier alpha value is -3.56. The fourth-order valence-electron chi connectivity index (χ4n) is 4.13. The Balaban J connectivity index is 1.57. The summed E-state index contributed by atoms with van der Waals surface area (Å²) >= 11 is 1.65. The topological polar surface area (TPSA) is 115 Å². The van der Waals surface area contributed by atoms with E-state index < -0.39 is 17.5 Å². The molecule has 3 aromatic rings. The van der Waals surface area contributed by atoms with Gasteiger partial charge in [0.25, 0.3) is 5.91 Å². The van der Waals surface area contributed by atoms with Gasteiger partial charge in [0.1, 0.15) is 28.2 Å². The van der Waals surface area contributed by atoms with E-state index in [0.717, 1.165) is 17.7 Å². The molecule has 2 heterocycles. The summed E-state index contributed by atoms with van der Waals surface area (Å²) in [7, 11) is 0. The first-order chi connectivity index (χ1) is 18.1. The molecule has 0 saturated carbocycles. The molecule has 0 radical (unpaired) electrons. The number of nitrogens with one attached hydrogen (secondary N) is 1. The predicted octanol–water partition coefficient (Wildman–Crippen LogP) is 5.38. The molecule has 8 nitrogen and oxygen atoms in total. The highest BCUT2D eigenvalue weighted by Gasteiger charge is 2.23. The number of ether oxygens (including phenoxy) is 2. The van der Waals surface area contributed by atoms with Crippen LogP contribution in [-0.4, -0.2) is 34.3 Å². The molecular weight excluding hydrogens is 506 g/mol. The first kappa shape index (κ1) is 27.5. The lowest BCUT2D eigenvalue weighted by molar-refractivity contribution is -0.131. The second-order valence-electron chi connectivity index (χ2n) is 9.51.